The molecule has 9 heteroatoms. The van der Waals surface area contributed by atoms with Crippen LogP contribution < -0.4 is 5.32 Å². The van der Waals surface area contributed by atoms with Crippen LogP contribution in [0.25, 0.3) is 0 Å². The average Bonchev–Trinajstić information content (AvgIpc) is 2.94. The molecule has 2 atom stereocenters. The number of carbonyl (C=O) groups excluding carboxylic acids is 4. The van der Waals surface area contributed by atoms with E-state index in [-0.39, 0.29) is 43.2 Å². The van der Waals surface area contributed by atoms with E-state index in [2.05, 4.69) is 5.32 Å². The Kier molecular flexibility index (Phi) is 7.14. The number of fused-ring (bicyclic) bond motifs is 1. The van der Waals surface area contributed by atoms with E-state index in [1.165, 1.54) is 4.90 Å². The third kappa shape index (κ3) is 5.28. The molecule has 0 aromatic heterocycles. The molecule has 3 amide bonds. The number of nitrogens with one attached hydrogen (secondary N) is 1. The van der Waals surface area contributed by atoms with Gasteiger partial charge in [0, 0.05) is 23.1 Å². The molecule has 1 N–H and O–H groups in total. The molecule has 29 heavy (non-hydrogen) atoms. The highest BCUT2D eigenvalue weighted by atomic mass is 35.5. The zero-order valence-electron chi connectivity index (χ0n) is 15.8. The summed E-state index contributed by atoms with van der Waals surface area (Å²) in [5.41, 5.74) is 0.684. The summed E-state index contributed by atoms with van der Waals surface area (Å²) in [6.07, 6.45) is 3.23. The van der Waals surface area contributed by atoms with Crippen LogP contribution in [0.1, 0.15) is 37.7 Å². The van der Waals surface area contributed by atoms with Gasteiger partial charge in [0.25, 0.3) is 5.91 Å². The summed E-state index contributed by atoms with van der Waals surface area (Å²) in [6, 6.07) is 4.92. The number of benzene rings is 1. The van der Waals surface area contributed by atoms with Crippen LogP contribution in [0.3, 0.4) is 0 Å². The highest BCUT2D eigenvalue weighted by molar-refractivity contribution is 6.35. The highest BCUT2D eigenvalue weighted by Gasteiger charge is 2.47. The maximum Gasteiger partial charge on any atom is 0.308 e. The van der Waals surface area contributed by atoms with Gasteiger partial charge in [-0.3, -0.25) is 24.1 Å². The van der Waals surface area contributed by atoms with Crippen molar-refractivity contribution in [3.05, 3.63) is 33.8 Å². The minimum atomic E-state index is -0.639. The fourth-order valence-electron chi connectivity index (χ4n) is 3.78. The van der Waals surface area contributed by atoms with E-state index in [1.54, 1.807) is 18.2 Å². The Morgan fingerprint density at radius 1 is 1.10 bits per heavy atom. The van der Waals surface area contributed by atoms with Gasteiger partial charge in [-0.25, -0.2) is 0 Å². The summed E-state index contributed by atoms with van der Waals surface area (Å²) in [5, 5.41) is 3.52. The molecule has 3 rings (SSSR count). The van der Waals surface area contributed by atoms with Crippen molar-refractivity contribution in [1.29, 1.82) is 0 Å². The van der Waals surface area contributed by atoms with Crippen molar-refractivity contribution in [1.82, 2.24) is 10.2 Å². The number of carbonyl (C=O) groups is 4. The molecule has 1 aliphatic heterocycles. The van der Waals surface area contributed by atoms with Crippen LogP contribution in [0.15, 0.2) is 18.2 Å². The molecule has 1 aromatic rings. The fraction of sp³-hybridized carbons (Fsp3) is 0.500. The molecule has 1 heterocycles. The number of hydrogen-bond acceptors (Lipinski definition) is 5. The van der Waals surface area contributed by atoms with Crippen LogP contribution in [0, 0.1) is 11.8 Å². The van der Waals surface area contributed by atoms with E-state index in [9.17, 15) is 19.2 Å². The molecule has 0 bridgehead atoms. The monoisotopic (exact) mass is 440 g/mol. The number of likely N-dealkylation sites (tertiary alicyclic amines) is 1. The molecule has 1 aliphatic carbocycles. The number of halogens is 2. The molecule has 0 radical (unpaired) electrons. The van der Waals surface area contributed by atoms with Crippen LogP contribution in [0.4, 0.5) is 0 Å². The van der Waals surface area contributed by atoms with Crippen molar-refractivity contribution < 1.29 is 23.9 Å². The molecule has 7 nitrogen and oxygen atoms in total. The third-order valence-corrected chi connectivity index (χ3v) is 5.91. The van der Waals surface area contributed by atoms with Crippen molar-refractivity contribution in [2.24, 2.45) is 11.8 Å². The molecule has 1 saturated heterocycles. The highest BCUT2D eigenvalue weighted by Crippen LogP contribution is 2.37. The summed E-state index contributed by atoms with van der Waals surface area (Å²) in [4.78, 5) is 49.7. The van der Waals surface area contributed by atoms with Gasteiger partial charge < -0.3 is 10.1 Å². The number of imide groups is 1. The maximum absolute atomic E-state index is 12.4. The Morgan fingerprint density at radius 3 is 2.38 bits per heavy atom. The number of ether oxygens (including phenoxy) is 1. The van der Waals surface area contributed by atoms with E-state index in [1.807, 2.05) is 0 Å². The summed E-state index contributed by atoms with van der Waals surface area (Å²) in [5.74, 6) is -1.98. The van der Waals surface area contributed by atoms with Crippen molar-refractivity contribution in [2.75, 3.05) is 13.2 Å². The van der Waals surface area contributed by atoms with Gasteiger partial charge in [-0.05, 0) is 30.5 Å². The smallest absolute Gasteiger partial charge is 0.308 e. The number of amides is 3. The first-order valence-corrected chi connectivity index (χ1v) is 10.3. The Bertz CT molecular complexity index is 805. The van der Waals surface area contributed by atoms with E-state index in [0.717, 1.165) is 25.7 Å². The number of hydrogen-bond donors (Lipinski definition) is 1. The van der Waals surface area contributed by atoms with Gasteiger partial charge in [-0.1, -0.05) is 42.1 Å². The van der Waals surface area contributed by atoms with Crippen molar-refractivity contribution in [3.8, 4) is 0 Å². The van der Waals surface area contributed by atoms with Gasteiger partial charge >= 0.3 is 5.97 Å². The fourth-order valence-corrected chi connectivity index (χ4v) is 4.26. The van der Waals surface area contributed by atoms with Gasteiger partial charge in [0.2, 0.25) is 11.8 Å². The zero-order valence-corrected chi connectivity index (χ0v) is 17.3. The summed E-state index contributed by atoms with van der Waals surface area (Å²) in [6.45, 7) is -0.283. The maximum atomic E-state index is 12.4. The lowest BCUT2D eigenvalue weighted by Gasteiger charge is -2.19. The van der Waals surface area contributed by atoms with Crippen LogP contribution in [0.5, 0.6) is 0 Å². The number of esters is 1. The Labute approximate surface area is 178 Å². The van der Waals surface area contributed by atoms with E-state index >= 15 is 0 Å². The zero-order chi connectivity index (χ0) is 21.0. The van der Waals surface area contributed by atoms with E-state index < -0.39 is 18.5 Å². The topological polar surface area (TPSA) is 92.8 Å². The molecule has 0 spiro atoms. The quantitative estimate of drug-likeness (QED) is 0.519. The minimum Gasteiger partial charge on any atom is -0.456 e. The Hall–Kier alpha value is -2.12. The first kappa shape index (κ1) is 21.6. The predicted octanol–water partition coefficient (Wildman–Crippen LogP) is 2.72. The van der Waals surface area contributed by atoms with E-state index in [4.69, 9.17) is 27.9 Å². The van der Waals surface area contributed by atoms with Gasteiger partial charge in [0.15, 0.2) is 6.61 Å². The molecular weight excluding hydrogens is 419 g/mol. The second-order valence-corrected chi connectivity index (χ2v) is 8.09. The Morgan fingerprint density at radius 2 is 1.76 bits per heavy atom. The lowest BCUT2D eigenvalue weighted by atomic mass is 9.81. The van der Waals surface area contributed by atoms with Crippen LogP contribution in [-0.2, 0) is 30.5 Å². The van der Waals surface area contributed by atoms with Crippen LogP contribution in [0.2, 0.25) is 10.0 Å². The average molecular weight is 441 g/mol. The second kappa shape index (κ2) is 9.59. The van der Waals surface area contributed by atoms with Gasteiger partial charge in [-0.15, -0.1) is 0 Å². The number of rotatable bonds is 7. The molecule has 2 unspecified atom stereocenters. The lowest BCUT2D eigenvalue weighted by molar-refractivity contribution is -0.150. The Balaban J connectivity index is 1.39. The van der Waals surface area contributed by atoms with Gasteiger partial charge in [-0.2, -0.15) is 0 Å². The third-order valence-electron chi connectivity index (χ3n) is 5.33. The molecule has 156 valence electrons. The summed E-state index contributed by atoms with van der Waals surface area (Å²) < 4.78 is 4.94. The largest absolute Gasteiger partial charge is 0.456 e. The standard InChI is InChI=1S/C20H22Cl2N2O5/c21-13-6-5-12(16(22)9-13)10-23-17(25)11-29-18(26)7-8-24-19(27)14-3-1-2-4-15(14)20(24)28/h5-6,9,14-15H,1-4,7-8,10-11H2,(H,23,25). The normalized spacial score (nSPS) is 21.1. The number of nitrogens with zero attached hydrogens (tertiary/aromatic N) is 1. The molecule has 2 fully saturated rings. The minimum absolute atomic E-state index is 0.00843. The van der Waals surface area contributed by atoms with Crippen molar-refractivity contribution in [3.63, 3.8) is 0 Å². The first-order valence-electron chi connectivity index (χ1n) is 9.58. The SMILES string of the molecule is O=C(COC(=O)CCN1C(=O)C2CCCCC2C1=O)NCc1ccc(Cl)cc1Cl. The van der Waals surface area contributed by atoms with E-state index in [0.29, 0.717) is 15.6 Å². The molecule has 1 saturated carbocycles. The summed E-state index contributed by atoms with van der Waals surface area (Å²) >= 11 is 11.9. The first-order chi connectivity index (χ1) is 13.9. The van der Waals surface area contributed by atoms with Gasteiger partial charge in [0.05, 0.1) is 18.3 Å². The van der Waals surface area contributed by atoms with Crippen LogP contribution in [-0.4, -0.2) is 41.7 Å². The molecule has 1 aromatic carbocycles. The lowest BCUT2D eigenvalue weighted by Crippen LogP contribution is -2.34. The predicted molar refractivity (Wildman–Crippen MR) is 106 cm³/mol. The van der Waals surface area contributed by atoms with Crippen LogP contribution >= 0.6 is 23.2 Å². The van der Waals surface area contributed by atoms with Gasteiger partial charge in [0.1, 0.15) is 0 Å². The molecule has 2 aliphatic rings. The second-order valence-electron chi connectivity index (χ2n) is 7.25. The molecular formula is C20H22Cl2N2O5. The summed E-state index contributed by atoms with van der Waals surface area (Å²) in [7, 11) is 0. The van der Waals surface area contributed by atoms with Crippen molar-refractivity contribution in [2.45, 2.75) is 38.6 Å². The van der Waals surface area contributed by atoms with Crippen molar-refractivity contribution >= 4 is 46.9 Å².